The van der Waals surface area contributed by atoms with Gasteiger partial charge in [0.1, 0.15) is 5.82 Å². The maximum atomic E-state index is 12.8. The second-order valence-corrected chi connectivity index (χ2v) is 8.38. The topological polar surface area (TPSA) is 98.8 Å². The number of rotatable bonds is 5. The maximum absolute atomic E-state index is 12.8. The molecule has 0 unspecified atom stereocenters. The van der Waals surface area contributed by atoms with Crippen LogP contribution in [0.15, 0.2) is 30.3 Å². The molecule has 0 spiro atoms. The highest BCUT2D eigenvalue weighted by molar-refractivity contribution is 6.43. The number of amides is 1. The molecule has 3 heterocycles. The number of H-pyrrole nitrogens is 1. The molecule has 0 bridgehead atoms. The van der Waals surface area contributed by atoms with Crippen molar-refractivity contribution in [3.05, 3.63) is 57.3 Å². The van der Waals surface area contributed by atoms with E-state index in [2.05, 4.69) is 30.8 Å². The van der Waals surface area contributed by atoms with Crippen molar-refractivity contribution in [3.8, 4) is 0 Å². The molecule has 31 heavy (non-hydrogen) atoms. The molecular weight excluding hydrogens is 437 g/mol. The van der Waals surface area contributed by atoms with E-state index in [4.69, 9.17) is 23.2 Å². The summed E-state index contributed by atoms with van der Waals surface area (Å²) in [4.78, 5) is 23.7. The summed E-state index contributed by atoms with van der Waals surface area (Å²) in [6.45, 7) is 5.09. The molecule has 1 amide bonds. The van der Waals surface area contributed by atoms with Gasteiger partial charge in [-0.1, -0.05) is 29.3 Å². The van der Waals surface area contributed by atoms with Crippen molar-refractivity contribution in [2.75, 3.05) is 23.7 Å². The lowest BCUT2D eigenvalue weighted by Gasteiger charge is -2.32. The lowest BCUT2D eigenvalue weighted by Crippen LogP contribution is -2.42. The molecule has 1 aliphatic heterocycles. The number of nitrogens with zero attached hydrogens (tertiary/aromatic N) is 4. The average Bonchev–Trinajstić information content (AvgIpc) is 3.14. The van der Waals surface area contributed by atoms with E-state index in [0.717, 1.165) is 24.2 Å². The molecule has 1 saturated heterocycles. The van der Waals surface area contributed by atoms with E-state index in [9.17, 15) is 4.79 Å². The van der Waals surface area contributed by atoms with Crippen LogP contribution in [0.25, 0.3) is 0 Å². The molecule has 2 aromatic heterocycles. The predicted molar refractivity (Wildman–Crippen MR) is 122 cm³/mol. The third kappa shape index (κ3) is 5.08. The van der Waals surface area contributed by atoms with Crippen molar-refractivity contribution < 1.29 is 4.79 Å². The van der Waals surface area contributed by atoms with E-state index in [-0.39, 0.29) is 11.9 Å². The van der Waals surface area contributed by atoms with Crippen LogP contribution in [0.2, 0.25) is 10.0 Å². The minimum Gasteiger partial charge on any atom is -0.351 e. The number of nitrogens with one attached hydrogen (secondary N) is 3. The third-order valence-corrected chi connectivity index (χ3v) is 5.93. The molecular formula is C21H23Cl2N7O. The van der Waals surface area contributed by atoms with Gasteiger partial charge in [-0.25, -0.2) is 4.98 Å². The number of aromatic nitrogens is 4. The number of aromatic amines is 1. The normalized spacial score (nSPS) is 14.5. The first kappa shape index (κ1) is 21.4. The van der Waals surface area contributed by atoms with Crippen molar-refractivity contribution in [1.82, 2.24) is 25.1 Å². The van der Waals surface area contributed by atoms with Gasteiger partial charge < -0.3 is 15.5 Å². The summed E-state index contributed by atoms with van der Waals surface area (Å²) in [5, 5.41) is 14.3. The SMILES string of the molecule is Cc1cc(Nc2cc(C)[nH]n2)nc(NC2CCN(C(=O)c3cccc(Cl)c3Cl)CC2)n1. The number of hydrogen-bond donors (Lipinski definition) is 3. The number of aryl methyl sites for hydroxylation is 2. The van der Waals surface area contributed by atoms with Crippen LogP contribution < -0.4 is 10.6 Å². The molecule has 10 heteroatoms. The number of carbonyl (C=O) groups is 1. The van der Waals surface area contributed by atoms with E-state index in [1.54, 1.807) is 23.1 Å². The standard InChI is InChI=1S/C21H23Cl2N7O/c1-12-10-17(26-18-11-13(2)28-29-18)27-21(24-12)25-14-6-8-30(9-7-14)20(31)15-4-3-5-16(22)19(15)23/h3-5,10-11,14H,6-9H2,1-2H3,(H3,24,25,26,27,28,29). The third-order valence-electron chi connectivity index (χ3n) is 5.11. The summed E-state index contributed by atoms with van der Waals surface area (Å²) in [6.07, 6.45) is 1.56. The van der Waals surface area contributed by atoms with Crippen LogP contribution in [0, 0.1) is 13.8 Å². The van der Waals surface area contributed by atoms with Crippen molar-refractivity contribution >= 4 is 46.7 Å². The fourth-order valence-corrected chi connectivity index (χ4v) is 3.94. The summed E-state index contributed by atoms with van der Waals surface area (Å²) in [6, 6.07) is 9.06. The van der Waals surface area contributed by atoms with Gasteiger partial charge in [0.2, 0.25) is 5.95 Å². The number of benzene rings is 1. The Morgan fingerprint density at radius 1 is 1.13 bits per heavy atom. The lowest BCUT2D eigenvalue weighted by molar-refractivity contribution is 0.0718. The Labute approximate surface area is 190 Å². The summed E-state index contributed by atoms with van der Waals surface area (Å²) >= 11 is 12.3. The Balaban J connectivity index is 1.37. The van der Waals surface area contributed by atoms with Crippen molar-refractivity contribution in [1.29, 1.82) is 0 Å². The van der Waals surface area contributed by atoms with E-state index in [1.165, 1.54) is 0 Å². The predicted octanol–water partition coefficient (Wildman–Crippen LogP) is 4.58. The van der Waals surface area contributed by atoms with E-state index >= 15 is 0 Å². The van der Waals surface area contributed by atoms with Crippen LogP contribution in [0.3, 0.4) is 0 Å². The molecule has 1 aliphatic rings. The van der Waals surface area contributed by atoms with Crippen molar-refractivity contribution in [2.24, 2.45) is 0 Å². The van der Waals surface area contributed by atoms with Crippen LogP contribution in [-0.4, -0.2) is 50.1 Å². The number of piperidine rings is 1. The van der Waals surface area contributed by atoms with E-state index < -0.39 is 0 Å². The molecule has 0 saturated carbocycles. The first-order valence-electron chi connectivity index (χ1n) is 10.0. The van der Waals surface area contributed by atoms with E-state index in [0.29, 0.717) is 46.3 Å². The molecule has 1 fully saturated rings. The Morgan fingerprint density at radius 3 is 2.61 bits per heavy atom. The number of likely N-dealkylation sites (tertiary alicyclic amines) is 1. The Kier molecular flexibility index (Phi) is 6.29. The minimum atomic E-state index is -0.0986. The summed E-state index contributed by atoms with van der Waals surface area (Å²) in [5.74, 6) is 1.83. The number of hydrogen-bond acceptors (Lipinski definition) is 6. The number of carbonyl (C=O) groups excluding carboxylic acids is 1. The maximum Gasteiger partial charge on any atom is 0.255 e. The fourth-order valence-electron chi connectivity index (χ4n) is 3.56. The molecule has 3 N–H and O–H groups in total. The number of anilines is 3. The molecule has 4 rings (SSSR count). The van der Waals surface area contributed by atoms with Gasteiger partial charge in [0.25, 0.3) is 5.91 Å². The molecule has 3 aromatic rings. The van der Waals surface area contributed by atoms with Gasteiger partial charge in [-0.05, 0) is 38.8 Å². The molecule has 0 aliphatic carbocycles. The van der Waals surface area contributed by atoms with E-state index in [1.807, 2.05) is 26.0 Å². The Hall–Kier alpha value is -2.84. The first-order valence-corrected chi connectivity index (χ1v) is 10.8. The quantitative estimate of drug-likeness (QED) is 0.516. The fraction of sp³-hybridized carbons (Fsp3) is 0.333. The van der Waals surface area contributed by atoms with Crippen LogP contribution in [0.5, 0.6) is 0 Å². The smallest absolute Gasteiger partial charge is 0.255 e. The zero-order valence-electron chi connectivity index (χ0n) is 17.2. The van der Waals surface area contributed by atoms with Gasteiger partial charge in [-0.15, -0.1) is 0 Å². The van der Waals surface area contributed by atoms with Crippen molar-refractivity contribution in [3.63, 3.8) is 0 Å². The molecule has 0 radical (unpaired) electrons. The van der Waals surface area contributed by atoms with Gasteiger partial charge in [0.15, 0.2) is 5.82 Å². The van der Waals surface area contributed by atoms with Gasteiger partial charge >= 0.3 is 0 Å². The molecule has 1 aromatic carbocycles. The second-order valence-electron chi connectivity index (χ2n) is 7.59. The van der Waals surface area contributed by atoms with Crippen LogP contribution in [0.4, 0.5) is 17.6 Å². The highest BCUT2D eigenvalue weighted by Gasteiger charge is 2.26. The van der Waals surface area contributed by atoms with Crippen LogP contribution in [-0.2, 0) is 0 Å². The Bertz CT molecular complexity index is 1090. The minimum absolute atomic E-state index is 0.0986. The monoisotopic (exact) mass is 459 g/mol. The number of halogens is 2. The second kappa shape index (κ2) is 9.11. The summed E-state index contributed by atoms with van der Waals surface area (Å²) in [7, 11) is 0. The Morgan fingerprint density at radius 2 is 1.90 bits per heavy atom. The van der Waals surface area contributed by atoms with Crippen LogP contribution >= 0.6 is 23.2 Å². The lowest BCUT2D eigenvalue weighted by atomic mass is 10.0. The zero-order chi connectivity index (χ0) is 22.0. The molecule has 8 nitrogen and oxygen atoms in total. The zero-order valence-corrected chi connectivity index (χ0v) is 18.8. The molecule has 0 atom stereocenters. The average molecular weight is 460 g/mol. The highest BCUT2D eigenvalue weighted by atomic mass is 35.5. The summed E-state index contributed by atoms with van der Waals surface area (Å²) < 4.78 is 0. The van der Waals surface area contributed by atoms with Gasteiger partial charge in [-0.3, -0.25) is 9.89 Å². The molecule has 162 valence electrons. The van der Waals surface area contributed by atoms with Gasteiger partial charge in [-0.2, -0.15) is 10.1 Å². The highest BCUT2D eigenvalue weighted by Crippen LogP contribution is 2.27. The van der Waals surface area contributed by atoms with Gasteiger partial charge in [0, 0.05) is 42.7 Å². The van der Waals surface area contributed by atoms with Gasteiger partial charge in [0.05, 0.1) is 15.6 Å². The first-order chi connectivity index (χ1) is 14.9. The largest absolute Gasteiger partial charge is 0.351 e. The van der Waals surface area contributed by atoms with Crippen LogP contribution in [0.1, 0.15) is 34.6 Å². The summed E-state index contributed by atoms with van der Waals surface area (Å²) in [5.41, 5.74) is 2.24. The van der Waals surface area contributed by atoms with Crippen molar-refractivity contribution in [2.45, 2.75) is 32.7 Å².